The van der Waals surface area contributed by atoms with E-state index in [2.05, 4.69) is 0 Å². The van der Waals surface area contributed by atoms with Gasteiger partial charge in [-0.3, -0.25) is 4.79 Å². The van der Waals surface area contributed by atoms with Crippen LogP contribution in [0.15, 0.2) is 48.5 Å². The first-order chi connectivity index (χ1) is 16.5. The third-order valence-corrected chi connectivity index (χ3v) is 5.74. The van der Waals surface area contributed by atoms with Crippen molar-refractivity contribution in [3.63, 3.8) is 0 Å². The van der Waals surface area contributed by atoms with Crippen molar-refractivity contribution in [1.82, 2.24) is 10.6 Å². The van der Waals surface area contributed by atoms with Gasteiger partial charge >= 0.3 is 18.2 Å². The van der Waals surface area contributed by atoms with Crippen LogP contribution < -0.4 is 10.6 Å². The summed E-state index contributed by atoms with van der Waals surface area (Å²) >= 11 is 0. The molecule has 3 N–H and O–H groups in total. The largest absolute Gasteiger partial charge is 0.479 e. The molecule has 0 heterocycles. The minimum absolute atomic E-state index is 0.207. The van der Waals surface area contributed by atoms with E-state index in [-0.39, 0.29) is 12.5 Å². The monoisotopic (exact) mass is 494 g/mol. The molecule has 2 unspecified atom stereocenters. The Morgan fingerprint density at radius 2 is 1.57 bits per heavy atom. The molecule has 1 aliphatic rings. The maximum absolute atomic E-state index is 13.5. The Hall–Kier alpha value is -3.60. The van der Waals surface area contributed by atoms with Crippen molar-refractivity contribution in [1.29, 1.82) is 0 Å². The lowest BCUT2D eigenvalue weighted by molar-refractivity contribution is -0.162. The molecule has 0 spiro atoms. The zero-order chi connectivity index (χ0) is 25.8. The number of aliphatic carboxylic acids is 1. The maximum atomic E-state index is 13.5. The molecular weight excluding hydrogens is 469 g/mol. The third-order valence-electron chi connectivity index (χ3n) is 5.74. The van der Waals surface area contributed by atoms with Crippen LogP contribution in [-0.4, -0.2) is 61.2 Å². The number of halogens is 3. The molecule has 8 nitrogen and oxygen atoms in total. The van der Waals surface area contributed by atoms with E-state index in [4.69, 9.17) is 9.47 Å². The second-order valence-corrected chi connectivity index (χ2v) is 8.39. The van der Waals surface area contributed by atoms with Crippen LogP contribution in [0.25, 0.3) is 11.1 Å². The fourth-order valence-electron chi connectivity index (χ4n) is 4.02. The SMILES string of the molecule is COCC(C)(NC(=O)CC(NC(=O)OCC1c2ccccc2-c2ccccc21)C(F)(F)F)C(=O)O. The van der Waals surface area contributed by atoms with Crippen molar-refractivity contribution >= 4 is 18.0 Å². The topological polar surface area (TPSA) is 114 Å². The van der Waals surface area contributed by atoms with Crippen LogP contribution >= 0.6 is 0 Å². The van der Waals surface area contributed by atoms with Gasteiger partial charge in [0.2, 0.25) is 5.91 Å². The summed E-state index contributed by atoms with van der Waals surface area (Å²) in [7, 11) is 1.19. The minimum atomic E-state index is -4.98. The van der Waals surface area contributed by atoms with E-state index in [1.165, 1.54) is 7.11 Å². The number of alkyl halides is 3. The molecule has 1 aliphatic carbocycles. The first-order valence-electron chi connectivity index (χ1n) is 10.7. The first-order valence-corrected chi connectivity index (χ1v) is 10.7. The number of hydrogen-bond donors (Lipinski definition) is 3. The lowest BCUT2D eigenvalue weighted by Gasteiger charge is -2.27. The molecule has 2 aromatic carbocycles. The van der Waals surface area contributed by atoms with Gasteiger partial charge in [-0.05, 0) is 29.2 Å². The molecule has 0 saturated carbocycles. The number of carboxylic acids is 1. The minimum Gasteiger partial charge on any atom is -0.479 e. The van der Waals surface area contributed by atoms with E-state index in [1.807, 2.05) is 53.8 Å². The van der Waals surface area contributed by atoms with Crippen LogP contribution in [0.5, 0.6) is 0 Å². The standard InChI is InChI=1S/C24H25F3N2O6/c1-23(13-34-2,21(31)32)29-20(30)11-19(24(25,26)27)28-22(33)35-12-18-16-9-5-3-7-14(16)15-8-4-6-10-17(15)18/h3-10,18-19H,11-13H2,1-2H3,(H,28,33)(H,29,30)(H,31,32). The molecule has 0 bridgehead atoms. The van der Waals surface area contributed by atoms with Gasteiger partial charge in [-0.2, -0.15) is 13.2 Å². The number of hydrogen-bond acceptors (Lipinski definition) is 5. The molecule has 0 saturated heterocycles. The van der Waals surface area contributed by atoms with Gasteiger partial charge in [0.05, 0.1) is 13.0 Å². The lowest BCUT2D eigenvalue weighted by atomic mass is 9.98. The number of carbonyl (C=O) groups excluding carboxylic acids is 2. The van der Waals surface area contributed by atoms with Crippen molar-refractivity contribution in [2.75, 3.05) is 20.3 Å². The van der Waals surface area contributed by atoms with Gasteiger partial charge in [0.25, 0.3) is 0 Å². The zero-order valence-electron chi connectivity index (χ0n) is 19.0. The summed E-state index contributed by atoms with van der Waals surface area (Å²) in [6.07, 6.45) is -7.57. The number of nitrogens with one attached hydrogen (secondary N) is 2. The van der Waals surface area contributed by atoms with Crippen LogP contribution in [-0.2, 0) is 19.1 Å². The highest BCUT2D eigenvalue weighted by Gasteiger charge is 2.44. The fourth-order valence-corrected chi connectivity index (χ4v) is 4.02. The molecular formula is C24H25F3N2O6. The van der Waals surface area contributed by atoms with Gasteiger partial charge in [-0.15, -0.1) is 0 Å². The molecule has 2 aromatic rings. The van der Waals surface area contributed by atoms with Gasteiger partial charge in [0, 0.05) is 13.0 Å². The summed E-state index contributed by atoms with van der Waals surface area (Å²) in [5.41, 5.74) is 1.75. The zero-order valence-corrected chi connectivity index (χ0v) is 19.0. The van der Waals surface area contributed by atoms with E-state index in [0.29, 0.717) is 0 Å². The maximum Gasteiger partial charge on any atom is 0.409 e. The highest BCUT2D eigenvalue weighted by atomic mass is 19.4. The van der Waals surface area contributed by atoms with Crippen LogP contribution in [0.4, 0.5) is 18.0 Å². The smallest absolute Gasteiger partial charge is 0.409 e. The molecule has 0 radical (unpaired) electrons. The number of amides is 2. The number of fused-ring (bicyclic) bond motifs is 3. The van der Waals surface area contributed by atoms with Crippen molar-refractivity contribution in [3.8, 4) is 11.1 Å². The van der Waals surface area contributed by atoms with Crippen molar-refractivity contribution in [2.24, 2.45) is 0 Å². The quantitative estimate of drug-likeness (QED) is 0.492. The van der Waals surface area contributed by atoms with E-state index in [9.17, 15) is 32.7 Å². The van der Waals surface area contributed by atoms with E-state index in [1.54, 1.807) is 5.32 Å². The Labute approximate surface area is 199 Å². The van der Waals surface area contributed by atoms with Crippen LogP contribution in [0.2, 0.25) is 0 Å². The summed E-state index contributed by atoms with van der Waals surface area (Å²) in [5, 5.41) is 13.0. The summed E-state index contributed by atoms with van der Waals surface area (Å²) in [4.78, 5) is 35.9. The van der Waals surface area contributed by atoms with Gasteiger partial charge < -0.3 is 25.2 Å². The second-order valence-electron chi connectivity index (χ2n) is 8.39. The predicted molar refractivity (Wildman–Crippen MR) is 119 cm³/mol. The number of carboxylic acid groups (broad SMARTS) is 1. The Morgan fingerprint density at radius 1 is 1.03 bits per heavy atom. The summed E-state index contributed by atoms with van der Waals surface area (Å²) < 4.78 is 50.4. The molecule has 11 heteroatoms. The molecule has 2 atom stereocenters. The van der Waals surface area contributed by atoms with Crippen molar-refractivity contribution < 1.29 is 42.1 Å². The number of carbonyl (C=O) groups is 3. The van der Waals surface area contributed by atoms with Gasteiger partial charge in [-0.25, -0.2) is 9.59 Å². The summed E-state index contributed by atoms with van der Waals surface area (Å²) in [6.45, 7) is 0.421. The van der Waals surface area contributed by atoms with E-state index in [0.717, 1.165) is 29.2 Å². The van der Waals surface area contributed by atoms with Crippen molar-refractivity contribution in [3.05, 3.63) is 59.7 Å². The van der Waals surface area contributed by atoms with Crippen molar-refractivity contribution in [2.45, 2.75) is 37.0 Å². The Kier molecular flexibility index (Phi) is 7.69. The average molecular weight is 494 g/mol. The second kappa shape index (κ2) is 10.3. The number of rotatable bonds is 9. The predicted octanol–water partition coefficient (Wildman–Crippen LogP) is 3.45. The molecule has 0 fully saturated rings. The van der Waals surface area contributed by atoms with Crippen LogP contribution in [0.3, 0.4) is 0 Å². The fraction of sp³-hybridized carbons (Fsp3) is 0.375. The Balaban J connectivity index is 1.66. The molecule has 0 aliphatic heterocycles. The lowest BCUT2D eigenvalue weighted by Crippen LogP contribution is -2.57. The number of methoxy groups -OCH3 is 1. The van der Waals surface area contributed by atoms with Crippen LogP contribution in [0, 0.1) is 0 Å². The van der Waals surface area contributed by atoms with E-state index >= 15 is 0 Å². The highest BCUT2D eigenvalue weighted by molar-refractivity contribution is 5.87. The third kappa shape index (κ3) is 5.91. The summed E-state index contributed by atoms with van der Waals surface area (Å²) in [6, 6.07) is 12.4. The van der Waals surface area contributed by atoms with E-state index < -0.39 is 48.8 Å². The average Bonchev–Trinajstić information content (AvgIpc) is 3.10. The number of alkyl carbamates (subject to hydrolysis) is 1. The molecule has 3 rings (SSSR count). The summed E-state index contributed by atoms with van der Waals surface area (Å²) in [5.74, 6) is -3.07. The first kappa shape index (κ1) is 26.0. The van der Waals surface area contributed by atoms with Gasteiger partial charge in [0.1, 0.15) is 12.6 Å². The van der Waals surface area contributed by atoms with Gasteiger partial charge in [-0.1, -0.05) is 48.5 Å². The van der Waals surface area contributed by atoms with Gasteiger partial charge in [0.15, 0.2) is 5.54 Å². The molecule has 188 valence electrons. The van der Waals surface area contributed by atoms with Crippen LogP contribution in [0.1, 0.15) is 30.4 Å². The number of benzene rings is 2. The normalized spacial score (nSPS) is 15.3. The molecule has 35 heavy (non-hydrogen) atoms. The highest BCUT2D eigenvalue weighted by Crippen LogP contribution is 2.44. The molecule has 2 amide bonds. The Bertz CT molecular complexity index is 1060. The number of ether oxygens (including phenoxy) is 2. The molecule has 0 aromatic heterocycles. The Morgan fingerprint density at radius 3 is 2.06 bits per heavy atom.